The summed E-state index contributed by atoms with van der Waals surface area (Å²) in [7, 11) is 0. The quantitative estimate of drug-likeness (QED) is 0.861. The minimum absolute atomic E-state index is 0.207. The molecule has 24 heavy (non-hydrogen) atoms. The molecule has 1 aromatic rings. The predicted molar refractivity (Wildman–Crippen MR) is 84.0 cm³/mol. The van der Waals surface area contributed by atoms with Crippen molar-refractivity contribution in [3.05, 3.63) is 29.8 Å². The third-order valence-corrected chi connectivity index (χ3v) is 5.01. The highest BCUT2D eigenvalue weighted by molar-refractivity contribution is 5.33. The molecule has 0 amide bonds. The van der Waals surface area contributed by atoms with Gasteiger partial charge in [-0.05, 0) is 37.0 Å². The summed E-state index contributed by atoms with van der Waals surface area (Å²) in [5.74, 6) is -0.436. The van der Waals surface area contributed by atoms with Gasteiger partial charge in [0.15, 0.2) is 0 Å². The van der Waals surface area contributed by atoms with Gasteiger partial charge in [-0.3, -0.25) is 0 Å². The van der Waals surface area contributed by atoms with Gasteiger partial charge in [0.25, 0.3) is 0 Å². The Morgan fingerprint density at radius 1 is 1.25 bits per heavy atom. The zero-order valence-electron chi connectivity index (χ0n) is 13.5. The van der Waals surface area contributed by atoms with E-state index < -0.39 is 12.0 Å². The van der Waals surface area contributed by atoms with Gasteiger partial charge in [-0.2, -0.15) is 0 Å². The Morgan fingerprint density at radius 2 is 1.96 bits per heavy atom. The first-order valence-corrected chi connectivity index (χ1v) is 8.37. The highest BCUT2D eigenvalue weighted by atomic mass is 19.4. The summed E-state index contributed by atoms with van der Waals surface area (Å²) in [6.07, 6.45) is -2.38. The molecule has 2 aliphatic rings. The summed E-state index contributed by atoms with van der Waals surface area (Å²) in [5.41, 5.74) is -0.126. The van der Waals surface area contributed by atoms with Crippen molar-refractivity contribution in [1.82, 2.24) is 10.2 Å². The first-order valence-electron chi connectivity index (χ1n) is 8.37. The Morgan fingerprint density at radius 3 is 2.54 bits per heavy atom. The van der Waals surface area contributed by atoms with Crippen molar-refractivity contribution in [1.29, 1.82) is 0 Å². The van der Waals surface area contributed by atoms with Crippen molar-refractivity contribution in [2.24, 2.45) is 0 Å². The van der Waals surface area contributed by atoms with Crippen molar-refractivity contribution >= 4 is 0 Å². The molecule has 1 saturated heterocycles. The average molecular weight is 344 g/mol. The maximum Gasteiger partial charge on any atom is 0.573 e. The van der Waals surface area contributed by atoms with Crippen LogP contribution < -0.4 is 10.1 Å². The molecule has 1 saturated carbocycles. The largest absolute Gasteiger partial charge is 0.573 e. The minimum atomic E-state index is -4.71. The summed E-state index contributed by atoms with van der Waals surface area (Å²) in [4.78, 5) is 2.26. The number of hydrogen-bond donors (Lipinski definition) is 2. The molecule has 7 heteroatoms. The molecule has 0 radical (unpaired) electrons. The maximum atomic E-state index is 12.5. The normalized spacial score (nSPS) is 22.7. The third kappa shape index (κ3) is 4.20. The van der Waals surface area contributed by atoms with E-state index in [2.05, 4.69) is 15.0 Å². The van der Waals surface area contributed by atoms with Crippen LogP contribution in [0.5, 0.6) is 5.75 Å². The van der Waals surface area contributed by atoms with Crippen molar-refractivity contribution < 1.29 is 23.0 Å². The van der Waals surface area contributed by atoms with E-state index in [1.54, 1.807) is 12.1 Å². The summed E-state index contributed by atoms with van der Waals surface area (Å²) in [6, 6.07) is 6.05. The number of nitrogens with zero attached hydrogens (tertiary/aromatic N) is 1. The molecule has 1 atom stereocenters. The first kappa shape index (κ1) is 17.5. The number of halogens is 3. The van der Waals surface area contributed by atoms with Crippen LogP contribution in [0.15, 0.2) is 24.3 Å². The van der Waals surface area contributed by atoms with Crippen LogP contribution >= 0.6 is 0 Å². The Kier molecular flexibility index (Phi) is 5.03. The lowest BCUT2D eigenvalue weighted by Crippen LogP contribution is -2.51. The molecule has 1 unspecified atom stereocenters. The fourth-order valence-electron chi connectivity index (χ4n) is 3.55. The zero-order valence-corrected chi connectivity index (χ0v) is 13.5. The van der Waals surface area contributed by atoms with E-state index in [9.17, 15) is 18.3 Å². The molecule has 4 nitrogen and oxygen atoms in total. The number of piperazine rings is 1. The van der Waals surface area contributed by atoms with Gasteiger partial charge >= 0.3 is 6.36 Å². The SMILES string of the molecule is OC1(C(CN2CCNCC2)c2cccc(OC(F)(F)F)c2)CCC1. The lowest BCUT2D eigenvalue weighted by molar-refractivity contribution is -0.274. The van der Waals surface area contributed by atoms with E-state index in [0.717, 1.165) is 32.6 Å². The Labute approximate surface area is 139 Å². The second-order valence-corrected chi connectivity index (χ2v) is 6.68. The molecule has 2 fully saturated rings. The van der Waals surface area contributed by atoms with E-state index in [-0.39, 0.29) is 11.7 Å². The number of benzene rings is 1. The zero-order chi connectivity index (χ0) is 17.2. The molecule has 1 heterocycles. The molecule has 1 aromatic carbocycles. The van der Waals surface area contributed by atoms with Gasteiger partial charge in [0.2, 0.25) is 0 Å². The van der Waals surface area contributed by atoms with Crippen LogP contribution in [0.4, 0.5) is 13.2 Å². The van der Waals surface area contributed by atoms with Gasteiger partial charge in [-0.15, -0.1) is 13.2 Å². The van der Waals surface area contributed by atoms with Gasteiger partial charge in [-0.1, -0.05) is 12.1 Å². The lowest BCUT2D eigenvalue weighted by atomic mass is 9.68. The van der Waals surface area contributed by atoms with Gasteiger partial charge < -0.3 is 20.1 Å². The summed E-state index contributed by atoms with van der Waals surface area (Å²) in [5, 5.41) is 14.2. The third-order valence-electron chi connectivity index (χ3n) is 5.01. The predicted octanol–water partition coefficient (Wildman–Crippen LogP) is 2.49. The van der Waals surface area contributed by atoms with Crippen LogP contribution in [-0.4, -0.2) is 54.7 Å². The topological polar surface area (TPSA) is 44.7 Å². The van der Waals surface area contributed by atoms with Crippen LogP contribution in [0.25, 0.3) is 0 Å². The van der Waals surface area contributed by atoms with E-state index in [1.807, 2.05) is 0 Å². The Balaban J connectivity index is 1.81. The van der Waals surface area contributed by atoms with Crippen LogP contribution in [-0.2, 0) is 0 Å². The smallest absolute Gasteiger partial charge is 0.406 e. The van der Waals surface area contributed by atoms with E-state index in [1.165, 1.54) is 12.1 Å². The summed E-state index contributed by atoms with van der Waals surface area (Å²) >= 11 is 0. The van der Waals surface area contributed by atoms with Crippen LogP contribution in [0, 0.1) is 0 Å². The molecule has 0 bridgehead atoms. The van der Waals surface area contributed by atoms with Crippen LogP contribution in [0.1, 0.15) is 30.7 Å². The van der Waals surface area contributed by atoms with E-state index >= 15 is 0 Å². The molecule has 0 spiro atoms. The molecule has 2 N–H and O–H groups in total. The molecular weight excluding hydrogens is 321 g/mol. The van der Waals surface area contributed by atoms with E-state index in [0.29, 0.717) is 24.9 Å². The monoisotopic (exact) mass is 344 g/mol. The molecule has 3 rings (SSSR count). The van der Waals surface area contributed by atoms with Gasteiger partial charge in [-0.25, -0.2) is 0 Å². The van der Waals surface area contributed by atoms with Gasteiger partial charge in [0.05, 0.1) is 5.60 Å². The highest BCUT2D eigenvalue weighted by Crippen LogP contribution is 2.44. The Hall–Kier alpha value is -1.31. The fraction of sp³-hybridized carbons (Fsp3) is 0.647. The number of rotatable bonds is 5. The highest BCUT2D eigenvalue weighted by Gasteiger charge is 2.44. The lowest BCUT2D eigenvalue weighted by Gasteiger charge is -2.46. The first-order chi connectivity index (χ1) is 11.4. The van der Waals surface area contributed by atoms with Crippen molar-refractivity contribution in [3.63, 3.8) is 0 Å². The summed E-state index contributed by atoms with van der Waals surface area (Å²) in [6.45, 7) is 4.19. The molecule has 0 aromatic heterocycles. The average Bonchev–Trinajstić information content (AvgIpc) is 2.50. The van der Waals surface area contributed by atoms with Crippen molar-refractivity contribution in [3.8, 4) is 5.75 Å². The molecule has 1 aliphatic heterocycles. The van der Waals surface area contributed by atoms with E-state index in [4.69, 9.17) is 0 Å². The Bertz CT molecular complexity index is 555. The number of hydrogen-bond acceptors (Lipinski definition) is 4. The summed E-state index contributed by atoms with van der Waals surface area (Å²) < 4.78 is 41.5. The maximum absolute atomic E-state index is 12.5. The van der Waals surface area contributed by atoms with Crippen molar-refractivity contribution in [2.45, 2.75) is 37.1 Å². The van der Waals surface area contributed by atoms with Crippen LogP contribution in [0.3, 0.4) is 0 Å². The van der Waals surface area contributed by atoms with Crippen molar-refractivity contribution in [2.75, 3.05) is 32.7 Å². The van der Waals surface area contributed by atoms with Gasteiger partial charge in [0, 0.05) is 38.6 Å². The molecule has 1 aliphatic carbocycles. The number of nitrogens with one attached hydrogen (secondary N) is 1. The molecule has 134 valence electrons. The minimum Gasteiger partial charge on any atom is -0.406 e. The molecular formula is C17H23F3N2O2. The number of ether oxygens (including phenoxy) is 1. The standard InChI is InChI=1S/C17H23F3N2O2/c18-17(19,20)24-14-4-1-3-13(11-14)15(16(23)5-2-6-16)12-22-9-7-21-8-10-22/h1,3-4,11,15,21,23H,2,5-10,12H2. The fourth-order valence-corrected chi connectivity index (χ4v) is 3.55. The second-order valence-electron chi connectivity index (χ2n) is 6.68. The van der Waals surface area contributed by atoms with Gasteiger partial charge in [0.1, 0.15) is 5.75 Å². The second kappa shape index (κ2) is 6.90. The number of aliphatic hydroxyl groups is 1. The number of alkyl halides is 3. The van der Waals surface area contributed by atoms with Crippen LogP contribution in [0.2, 0.25) is 0 Å².